The van der Waals surface area contributed by atoms with Gasteiger partial charge in [0.15, 0.2) is 12.6 Å². The van der Waals surface area contributed by atoms with Crippen LogP contribution in [0.5, 0.6) is 0 Å². The van der Waals surface area contributed by atoms with E-state index in [4.69, 9.17) is 33.2 Å². The summed E-state index contributed by atoms with van der Waals surface area (Å²) in [6, 6.07) is 21.0. The van der Waals surface area contributed by atoms with Gasteiger partial charge in [-0.15, -0.1) is 0 Å². The van der Waals surface area contributed by atoms with Crippen LogP contribution in [-0.4, -0.2) is 190 Å². The van der Waals surface area contributed by atoms with E-state index in [2.05, 4.69) is 60.7 Å². The molecule has 17 heteroatoms. The topological polar surface area (TPSA) is 206 Å². The van der Waals surface area contributed by atoms with E-state index in [9.17, 15) is 35.1 Å². The second-order valence-corrected chi connectivity index (χ2v) is 29.6. The van der Waals surface area contributed by atoms with Gasteiger partial charge in [-0.2, -0.15) is 0 Å². The highest BCUT2D eigenvalue weighted by Gasteiger charge is 2.55. The van der Waals surface area contributed by atoms with Crippen molar-refractivity contribution in [2.45, 2.75) is 255 Å². The fraction of sp³-hybridized carbons (Fsp3) is 0.781. The first kappa shape index (κ1) is 67.5. The first-order chi connectivity index (χ1) is 38.3. The van der Waals surface area contributed by atoms with E-state index < -0.39 is 109 Å². The van der Waals surface area contributed by atoms with Crippen LogP contribution in [0.2, 0.25) is 0 Å². The molecule has 0 bridgehead atoms. The normalized spacial score (nSPS) is 37.0. The van der Waals surface area contributed by atoms with Gasteiger partial charge in [-0.3, -0.25) is 9.59 Å². The minimum absolute atomic E-state index is 0.0759. The lowest BCUT2D eigenvalue weighted by molar-refractivity contribution is -0.318. The van der Waals surface area contributed by atoms with Gasteiger partial charge in [0, 0.05) is 38.5 Å². The van der Waals surface area contributed by atoms with Crippen molar-refractivity contribution in [3.8, 4) is 0 Å². The maximum atomic E-state index is 14.7. The number of hydrogen-bond acceptors (Lipinski definition) is 15. The maximum Gasteiger partial charge on any atom is 0.311 e. The van der Waals surface area contributed by atoms with Crippen LogP contribution in [0.25, 0.3) is 0 Å². The molecule has 0 radical (unpaired) electrons. The molecule has 4 heterocycles. The molecule has 0 spiro atoms. The maximum absolute atomic E-state index is 14.7. The average Bonchev–Trinajstić information content (AvgIpc) is 3.63. The van der Waals surface area contributed by atoms with E-state index in [0.29, 0.717) is 18.5 Å². The molecule has 16 nitrogen and oxygen atoms in total. The van der Waals surface area contributed by atoms with Crippen LogP contribution in [0.3, 0.4) is 0 Å². The van der Waals surface area contributed by atoms with Gasteiger partial charge < -0.3 is 68.5 Å². The predicted octanol–water partition coefficient (Wildman–Crippen LogP) is 7.77. The average molecular weight is 1160 g/mol. The number of aliphatic hydroxyl groups excluding tert-OH is 3. The minimum atomic E-state index is -2.00. The van der Waals surface area contributed by atoms with Crippen molar-refractivity contribution in [2.75, 3.05) is 47.1 Å². The van der Waals surface area contributed by atoms with Crippen molar-refractivity contribution < 1.29 is 68.3 Å². The zero-order valence-electron chi connectivity index (χ0n) is 51.5. The zero-order chi connectivity index (χ0) is 59.5. The van der Waals surface area contributed by atoms with Crippen molar-refractivity contribution in [2.24, 2.45) is 17.8 Å². The van der Waals surface area contributed by atoms with Gasteiger partial charge in [0.2, 0.25) is 5.91 Å². The monoisotopic (exact) mass is 1160 g/mol. The summed E-state index contributed by atoms with van der Waals surface area (Å²) in [6.45, 7) is 19.1. The molecule has 0 aliphatic carbocycles. The van der Waals surface area contributed by atoms with Crippen molar-refractivity contribution in [1.29, 1.82) is 0 Å². The van der Waals surface area contributed by atoms with Gasteiger partial charge in [-0.25, -0.2) is 0 Å². The van der Waals surface area contributed by atoms with E-state index in [1.807, 2.05) is 32.8 Å². The number of amides is 1. The number of carbonyl (C=O) groups excluding carboxylic acids is 2. The molecular weight excluding hydrogens is 1050 g/mol. The number of cyclic esters (lactones) is 1. The van der Waals surface area contributed by atoms with Gasteiger partial charge >= 0.3 is 5.97 Å². The molecule has 0 saturated carbocycles. The molecule has 460 valence electrons. The number of methoxy groups -OCH3 is 1. The summed E-state index contributed by atoms with van der Waals surface area (Å²) in [6.07, 6.45) is 1.43. The molecule has 1 amide bonds. The highest BCUT2D eigenvalue weighted by atomic mass is 31.2. The largest absolute Gasteiger partial charge is 0.459 e. The second-order valence-electron chi connectivity index (χ2n) is 25.7. The number of hydrogen-bond donors (Lipinski definition) is 5. The fourth-order valence-corrected chi connectivity index (χ4v) is 18.6. The predicted molar refractivity (Wildman–Crippen MR) is 318 cm³/mol. The van der Waals surface area contributed by atoms with E-state index >= 15 is 0 Å². The van der Waals surface area contributed by atoms with E-state index in [1.165, 1.54) is 56.5 Å². The smallest absolute Gasteiger partial charge is 0.311 e. The Morgan fingerprint density at radius 3 is 1.88 bits per heavy atom. The number of likely N-dealkylation sites (N-methyl/N-ethyl adjacent to an activating group) is 1. The molecule has 18 atom stereocenters. The van der Waals surface area contributed by atoms with Gasteiger partial charge in [0.1, 0.15) is 35.7 Å². The Morgan fingerprint density at radius 1 is 0.778 bits per heavy atom. The zero-order valence-corrected chi connectivity index (χ0v) is 52.4. The van der Waals surface area contributed by atoms with Crippen molar-refractivity contribution in [1.82, 2.24) is 9.80 Å². The van der Waals surface area contributed by atoms with Crippen molar-refractivity contribution >= 4 is 29.7 Å². The van der Waals surface area contributed by atoms with Crippen LogP contribution < -0.4 is 10.6 Å². The second kappa shape index (κ2) is 30.1. The van der Waals surface area contributed by atoms with Crippen LogP contribution in [-0.2, 0) is 42.7 Å². The van der Waals surface area contributed by atoms with E-state index in [0.717, 1.165) is 38.9 Å². The molecule has 4 fully saturated rings. The quantitative estimate of drug-likeness (QED) is 0.0434. The Bertz CT molecular complexity index is 2170. The summed E-state index contributed by atoms with van der Waals surface area (Å²) in [7, 11) is 3.64. The summed E-state index contributed by atoms with van der Waals surface area (Å²) < 4.78 is 44.1. The van der Waals surface area contributed by atoms with Crippen LogP contribution in [0, 0.1) is 17.8 Å². The number of rotatable bonds is 22. The number of aliphatic hydroxyl groups is 5. The van der Waals surface area contributed by atoms with Crippen LogP contribution in [0.1, 0.15) is 159 Å². The number of benzene rings is 2. The Kier molecular flexibility index (Phi) is 25.1. The Morgan fingerprint density at radius 2 is 1.35 bits per heavy atom. The number of esters is 1. The van der Waals surface area contributed by atoms with Crippen molar-refractivity contribution in [3.63, 3.8) is 0 Å². The Labute approximate surface area is 486 Å². The molecule has 0 aromatic heterocycles. The van der Waals surface area contributed by atoms with Gasteiger partial charge in [-0.1, -0.05) is 95.7 Å². The number of carbonyl (C=O) groups is 2. The van der Waals surface area contributed by atoms with Crippen molar-refractivity contribution in [3.05, 3.63) is 60.7 Å². The molecule has 5 N–H and O–H groups in total. The Hall–Kier alpha value is -2.67. The first-order valence-corrected chi connectivity index (χ1v) is 32.8. The molecule has 2 aromatic rings. The highest BCUT2D eigenvalue weighted by molar-refractivity contribution is 7.90. The van der Waals surface area contributed by atoms with Gasteiger partial charge in [-0.05, 0) is 131 Å². The molecule has 6 rings (SSSR count). The standard InChI is InChI=1S/C64H106N2O14P/c1-14-52-64(10,73)57(69)46(6)66(53(67)34-28-20-18-16-15-17-19-21-29-35-81(50-40-75-41-50,48-30-24-22-25-31-48)49-32-26-23-27-33-49)39-42(2)37-62(8,72)59(80-61-55(68)51(65(11)12)36-43(3)76-61)44(4)56(45(5)60(71)78-52)79-54-38-63(9,74-13)58(70)47(7)77-54/h22-27,30-33,42-47,50-52,54-59,61,68-70,72-73H,14-21,28-29,34-41H2,1-13H3/q+1/t42-,43-,44+,45-,46-,47+,51+,52-,54+,55-,56+,57-,58+,59-,61+,62-,63-,64-/m1/s1. The summed E-state index contributed by atoms with van der Waals surface area (Å²) >= 11 is 0. The third-order valence-electron chi connectivity index (χ3n) is 18.8. The lowest BCUT2D eigenvalue weighted by atomic mass is 9.77. The van der Waals surface area contributed by atoms with Gasteiger partial charge in [0.25, 0.3) is 0 Å². The summed E-state index contributed by atoms with van der Waals surface area (Å²) in [5.74, 6) is -3.25. The third kappa shape index (κ3) is 16.4. The molecule has 0 unspecified atom stereocenters. The highest BCUT2D eigenvalue weighted by Crippen LogP contribution is 2.63. The molecule has 4 saturated heterocycles. The van der Waals surface area contributed by atoms with E-state index in [1.54, 1.807) is 53.4 Å². The summed E-state index contributed by atoms with van der Waals surface area (Å²) in [5.41, 5.74) is -4.22. The van der Waals surface area contributed by atoms with E-state index in [-0.39, 0.29) is 50.3 Å². The molecule has 81 heavy (non-hydrogen) atoms. The molecule has 2 aromatic carbocycles. The van der Waals surface area contributed by atoms with Crippen LogP contribution >= 0.6 is 7.26 Å². The fourth-order valence-electron chi connectivity index (χ4n) is 13.7. The Balaban J connectivity index is 1.15. The summed E-state index contributed by atoms with van der Waals surface area (Å²) in [4.78, 5) is 32.8. The summed E-state index contributed by atoms with van der Waals surface area (Å²) in [5, 5.41) is 63.4. The van der Waals surface area contributed by atoms with Crippen LogP contribution in [0.15, 0.2) is 60.7 Å². The molecule has 4 aliphatic rings. The SMILES string of the molecule is CC[C@H]1OC(=O)[C@H](C)[C@@H](O[C@H]2C[C@@](C)(OC)[C@@H](O)[C@H](C)O2)[C@H](C)[C@@H](O[C@@H]2O[C@H](C)C[C@H](N(C)C)[C@H]2O)[C@](C)(O)C[C@@H](C)CN(C(=O)CCCCCCCCCCC[P+](c2ccccc2)(c2ccccc2)C2COC2)[C@H](C)[C@@H](O)[C@]1(C)O. The molecular formula is C64H106N2O14P+. The number of unbranched alkanes of at least 4 members (excludes halogenated alkanes) is 8. The third-order valence-corrected chi connectivity index (χ3v) is 23.8. The van der Waals surface area contributed by atoms with Crippen LogP contribution in [0.4, 0.5) is 0 Å². The van der Waals surface area contributed by atoms with Gasteiger partial charge in [0.05, 0.1) is 84.8 Å². The number of ether oxygens (including phenoxy) is 7. The lowest BCUT2D eigenvalue weighted by Gasteiger charge is -2.48. The number of nitrogens with zero attached hydrogens (tertiary/aromatic N) is 2. The lowest BCUT2D eigenvalue weighted by Crippen LogP contribution is -2.60. The first-order valence-electron chi connectivity index (χ1n) is 30.7. The minimum Gasteiger partial charge on any atom is -0.459 e. The molecule has 4 aliphatic heterocycles.